The first-order chi connectivity index (χ1) is 11.2. The van der Waals surface area contributed by atoms with Crippen molar-refractivity contribution >= 4 is 11.7 Å². The molecule has 0 saturated carbocycles. The summed E-state index contributed by atoms with van der Waals surface area (Å²) in [5.41, 5.74) is 4.31. The lowest BCUT2D eigenvalue weighted by atomic mass is 9.88. The molecule has 1 aliphatic rings. The molecule has 3 heteroatoms. The predicted octanol–water partition coefficient (Wildman–Crippen LogP) is 4.33. The Morgan fingerprint density at radius 2 is 1.65 bits per heavy atom. The van der Waals surface area contributed by atoms with Crippen molar-refractivity contribution in [3.8, 4) is 0 Å². The van der Waals surface area contributed by atoms with Gasteiger partial charge in [-0.15, -0.1) is 0 Å². The van der Waals surface area contributed by atoms with Gasteiger partial charge in [-0.25, -0.2) is 4.79 Å². The molecular formula is C20H23NO2. The molecule has 0 bridgehead atoms. The van der Waals surface area contributed by atoms with E-state index < -0.39 is 5.97 Å². The molecule has 0 aromatic heterocycles. The molecule has 1 N–H and O–H groups in total. The number of carboxylic acids is 1. The third-order valence-electron chi connectivity index (χ3n) is 4.83. The first-order valence-corrected chi connectivity index (χ1v) is 8.34. The Kier molecular flexibility index (Phi) is 4.65. The number of nitrogens with zero attached hydrogens (tertiary/aromatic N) is 1. The van der Waals surface area contributed by atoms with E-state index in [1.165, 1.54) is 11.1 Å². The van der Waals surface area contributed by atoms with Gasteiger partial charge < -0.3 is 10.0 Å². The fourth-order valence-corrected chi connectivity index (χ4v) is 3.31. The number of hydrogen-bond donors (Lipinski definition) is 1. The fourth-order valence-electron chi connectivity index (χ4n) is 3.31. The Bertz CT molecular complexity index is 653. The molecule has 0 unspecified atom stereocenters. The molecule has 3 rings (SSSR count). The van der Waals surface area contributed by atoms with Crippen molar-refractivity contribution in [2.24, 2.45) is 0 Å². The van der Waals surface area contributed by atoms with Crippen LogP contribution in [0.15, 0.2) is 48.5 Å². The van der Waals surface area contributed by atoms with Gasteiger partial charge in [-0.3, -0.25) is 0 Å². The predicted molar refractivity (Wildman–Crippen MR) is 93.4 cm³/mol. The summed E-state index contributed by atoms with van der Waals surface area (Å²) < 4.78 is 0. The number of piperidine rings is 1. The van der Waals surface area contributed by atoms with Crippen LogP contribution < -0.4 is 4.90 Å². The Labute approximate surface area is 137 Å². The molecule has 120 valence electrons. The van der Waals surface area contributed by atoms with Crippen LogP contribution in [0.25, 0.3) is 0 Å². The van der Waals surface area contributed by atoms with E-state index in [9.17, 15) is 4.79 Å². The minimum absolute atomic E-state index is 0.347. The van der Waals surface area contributed by atoms with E-state index in [1.54, 1.807) is 12.1 Å². The van der Waals surface area contributed by atoms with Crippen LogP contribution in [-0.2, 0) is 6.42 Å². The maximum Gasteiger partial charge on any atom is 0.335 e. The van der Waals surface area contributed by atoms with Crippen LogP contribution in [0.2, 0.25) is 0 Å². The Morgan fingerprint density at radius 1 is 1.04 bits per heavy atom. The van der Waals surface area contributed by atoms with E-state index in [0.29, 0.717) is 11.5 Å². The van der Waals surface area contributed by atoms with E-state index in [1.807, 2.05) is 12.1 Å². The third kappa shape index (κ3) is 3.55. The first kappa shape index (κ1) is 15.6. The second-order valence-electron chi connectivity index (χ2n) is 6.21. The van der Waals surface area contributed by atoms with Gasteiger partial charge in [0, 0.05) is 18.8 Å². The average molecular weight is 309 g/mol. The monoisotopic (exact) mass is 309 g/mol. The zero-order chi connectivity index (χ0) is 16.2. The molecule has 0 radical (unpaired) electrons. The molecule has 1 aliphatic heterocycles. The number of aromatic carboxylic acids is 1. The average Bonchev–Trinajstić information content (AvgIpc) is 2.62. The summed E-state index contributed by atoms with van der Waals surface area (Å²) in [5.74, 6) is -0.235. The molecule has 23 heavy (non-hydrogen) atoms. The van der Waals surface area contributed by atoms with Crippen LogP contribution >= 0.6 is 0 Å². The Balaban J connectivity index is 1.62. The van der Waals surface area contributed by atoms with Crippen molar-refractivity contribution in [1.82, 2.24) is 0 Å². The number of hydrogen-bond acceptors (Lipinski definition) is 2. The minimum Gasteiger partial charge on any atom is -0.478 e. The van der Waals surface area contributed by atoms with E-state index in [2.05, 4.69) is 36.1 Å². The zero-order valence-corrected chi connectivity index (χ0v) is 13.5. The van der Waals surface area contributed by atoms with Crippen molar-refractivity contribution in [3.63, 3.8) is 0 Å². The highest BCUT2D eigenvalue weighted by molar-refractivity contribution is 5.88. The summed E-state index contributed by atoms with van der Waals surface area (Å²) >= 11 is 0. The summed E-state index contributed by atoms with van der Waals surface area (Å²) in [5, 5.41) is 8.97. The maximum absolute atomic E-state index is 10.9. The quantitative estimate of drug-likeness (QED) is 0.914. The number of carbonyl (C=O) groups is 1. The van der Waals surface area contributed by atoms with Crippen molar-refractivity contribution in [1.29, 1.82) is 0 Å². The second-order valence-corrected chi connectivity index (χ2v) is 6.21. The summed E-state index contributed by atoms with van der Waals surface area (Å²) in [4.78, 5) is 13.3. The molecule has 0 amide bonds. The molecule has 2 aromatic rings. The lowest BCUT2D eigenvalue weighted by Gasteiger charge is -2.34. The normalized spacial score (nSPS) is 15.6. The lowest BCUT2D eigenvalue weighted by Crippen LogP contribution is -2.32. The molecule has 0 aliphatic carbocycles. The summed E-state index contributed by atoms with van der Waals surface area (Å²) in [6, 6.07) is 16.3. The van der Waals surface area contributed by atoms with E-state index in [0.717, 1.165) is 38.0 Å². The van der Waals surface area contributed by atoms with Gasteiger partial charge in [0.05, 0.1) is 5.56 Å². The standard InChI is InChI=1S/C20H23NO2/c1-2-15-3-5-16(6-4-15)17-11-13-21(14-12-17)19-9-7-18(8-10-19)20(22)23/h3-10,17H,2,11-14H2,1H3,(H,22,23). The zero-order valence-electron chi connectivity index (χ0n) is 13.5. The number of carboxylic acid groups (broad SMARTS) is 1. The highest BCUT2D eigenvalue weighted by atomic mass is 16.4. The van der Waals surface area contributed by atoms with Gasteiger partial charge in [0.1, 0.15) is 0 Å². The first-order valence-electron chi connectivity index (χ1n) is 8.34. The van der Waals surface area contributed by atoms with Gasteiger partial charge in [0.25, 0.3) is 0 Å². The second kappa shape index (κ2) is 6.86. The molecule has 1 heterocycles. The van der Waals surface area contributed by atoms with Crippen LogP contribution in [0.1, 0.15) is 47.2 Å². The van der Waals surface area contributed by atoms with E-state index in [-0.39, 0.29) is 0 Å². The van der Waals surface area contributed by atoms with Crippen LogP contribution in [0, 0.1) is 0 Å². The van der Waals surface area contributed by atoms with Gasteiger partial charge in [-0.05, 0) is 60.6 Å². The maximum atomic E-state index is 10.9. The van der Waals surface area contributed by atoms with Crippen molar-refractivity contribution in [2.45, 2.75) is 32.1 Å². The smallest absolute Gasteiger partial charge is 0.335 e. The third-order valence-corrected chi connectivity index (χ3v) is 4.83. The molecule has 3 nitrogen and oxygen atoms in total. The topological polar surface area (TPSA) is 40.5 Å². The van der Waals surface area contributed by atoms with Crippen LogP contribution in [0.5, 0.6) is 0 Å². The van der Waals surface area contributed by atoms with Crippen molar-refractivity contribution in [3.05, 3.63) is 65.2 Å². The number of anilines is 1. The Morgan fingerprint density at radius 3 is 2.17 bits per heavy atom. The van der Waals surface area contributed by atoms with Gasteiger partial charge in [0.2, 0.25) is 0 Å². The minimum atomic E-state index is -0.870. The summed E-state index contributed by atoms with van der Waals surface area (Å²) in [6.07, 6.45) is 3.38. The number of aryl methyl sites for hydroxylation is 1. The molecule has 1 fully saturated rings. The number of benzene rings is 2. The molecule has 1 saturated heterocycles. The number of rotatable bonds is 4. The van der Waals surface area contributed by atoms with Gasteiger partial charge in [-0.2, -0.15) is 0 Å². The van der Waals surface area contributed by atoms with Crippen LogP contribution in [0.3, 0.4) is 0 Å². The highest BCUT2D eigenvalue weighted by Crippen LogP contribution is 2.30. The SMILES string of the molecule is CCc1ccc(C2CCN(c3ccc(C(=O)O)cc3)CC2)cc1. The van der Waals surface area contributed by atoms with E-state index >= 15 is 0 Å². The van der Waals surface area contributed by atoms with Gasteiger partial charge >= 0.3 is 5.97 Å². The van der Waals surface area contributed by atoms with Crippen LogP contribution in [-0.4, -0.2) is 24.2 Å². The molecule has 0 spiro atoms. The Hall–Kier alpha value is -2.29. The van der Waals surface area contributed by atoms with Gasteiger partial charge in [0.15, 0.2) is 0 Å². The summed E-state index contributed by atoms with van der Waals surface area (Å²) in [7, 11) is 0. The fraction of sp³-hybridized carbons (Fsp3) is 0.350. The highest BCUT2D eigenvalue weighted by Gasteiger charge is 2.20. The molecule has 2 aromatic carbocycles. The van der Waals surface area contributed by atoms with Crippen LogP contribution in [0.4, 0.5) is 5.69 Å². The van der Waals surface area contributed by atoms with Gasteiger partial charge in [-0.1, -0.05) is 31.2 Å². The van der Waals surface area contributed by atoms with Crippen molar-refractivity contribution in [2.75, 3.05) is 18.0 Å². The lowest BCUT2D eigenvalue weighted by molar-refractivity contribution is 0.0697. The molecular weight excluding hydrogens is 286 g/mol. The summed E-state index contributed by atoms with van der Waals surface area (Å²) in [6.45, 7) is 4.22. The molecule has 0 atom stereocenters. The van der Waals surface area contributed by atoms with E-state index in [4.69, 9.17) is 5.11 Å². The van der Waals surface area contributed by atoms with Crippen molar-refractivity contribution < 1.29 is 9.90 Å². The largest absolute Gasteiger partial charge is 0.478 e.